The molecule has 104 valence electrons. The van der Waals surface area contributed by atoms with Gasteiger partial charge in [0.1, 0.15) is 6.10 Å². The van der Waals surface area contributed by atoms with Gasteiger partial charge < -0.3 is 15.0 Å². The Hall–Kier alpha value is -1.85. The average molecular weight is 270 g/mol. The number of halogens is 2. The molecule has 0 aliphatic carbocycles. The number of ether oxygens (including phenoxy) is 1. The lowest BCUT2D eigenvalue weighted by Gasteiger charge is -2.14. The van der Waals surface area contributed by atoms with Crippen LogP contribution in [0.15, 0.2) is 24.3 Å². The summed E-state index contributed by atoms with van der Waals surface area (Å²) in [6.07, 6.45) is -1.34. The number of benzene rings is 1. The van der Waals surface area contributed by atoms with Gasteiger partial charge in [0.25, 0.3) is 0 Å². The lowest BCUT2D eigenvalue weighted by Crippen LogP contribution is -2.22. The van der Waals surface area contributed by atoms with E-state index in [-0.39, 0.29) is 6.54 Å². The molecular formula is C13H16F2N2O2. The van der Waals surface area contributed by atoms with Crippen LogP contribution in [0.1, 0.15) is 6.42 Å². The van der Waals surface area contributed by atoms with Crippen LogP contribution < -0.4 is 10.2 Å². The maximum atomic E-state index is 12.9. The van der Waals surface area contributed by atoms with Crippen molar-refractivity contribution in [1.29, 1.82) is 0 Å². The second-order valence-corrected chi connectivity index (χ2v) is 4.76. The monoisotopic (exact) mass is 270 g/mol. The lowest BCUT2D eigenvalue weighted by atomic mass is 10.2. The van der Waals surface area contributed by atoms with E-state index in [1.807, 2.05) is 43.3 Å². The van der Waals surface area contributed by atoms with Crippen molar-refractivity contribution in [1.82, 2.24) is 0 Å². The Kier molecular flexibility index (Phi) is 3.59. The highest BCUT2D eigenvalue weighted by Crippen LogP contribution is 2.31. The fourth-order valence-corrected chi connectivity index (χ4v) is 1.87. The van der Waals surface area contributed by atoms with Crippen molar-refractivity contribution in [2.45, 2.75) is 18.4 Å². The van der Waals surface area contributed by atoms with Crippen LogP contribution >= 0.6 is 0 Å². The molecule has 1 atom stereocenters. The van der Waals surface area contributed by atoms with E-state index < -0.39 is 24.4 Å². The molecule has 1 aliphatic rings. The lowest BCUT2D eigenvalue weighted by molar-refractivity contribution is -0.158. The second kappa shape index (κ2) is 5.03. The van der Waals surface area contributed by atoms with Gasteiger partial charge in [-0.3, -0.25) is 0 Å². The SMILES string of the molecule is CN(C)c1ccc(NCC2CC(F)(F)C(=O)O2)cc1. The summed E-state index contributed by atoms with van der Waals surface area (Å²) < 4.78 is 30.5. The number of carbonyl (C=O) groups is 1. The Morgan fingerprint density at radius 2 is 2.00 bits per heavy atom. The third-order valence-electron chi connectivity index (χ3n) is 2.97. The molecule has 1 aromatic rings. The maximum absolute atomic E-state index is 12.9. The Bertz CT molecular complexity index is 460. The van der Waals surface area contributed by atoms with Crippen LogP contribution in [0.3, 0.4) is 0 Å². The molecule has 6 heteroatoms. The zero-order valence-electron chi connectivity index (χ0n) is 10.8. The van der Waals surface area contributed by atoms with E-state index in [9.17, 15) is 13.6 Å². The Morgan fingerprint density at radius 3 is 2.47 bits per heavy atom. The highest BCUT2D eigenvalue weighted by atomic mass is 19.3. The van der Waals surface area contributed by atoms with Gasteiger partial charge in [-0.05, 0) is 24.3 Å². The van der Waals surface area contributed by atoms with E-state index in [1.54, 1.807) is 0 Å². The molecule has 4 nitrogen and oxygen atoms in total. The molecule has 1 N–H and O–H groups in total. The molecule has 0 radical (unpaired) electrons. The van der Waals surface area contributed by atoms with Crippen molar-refractivity contribution in [3.63, 3.8) is 0 Å². The first-order valence-corrected chi connectivity index (χ1v) is 5.98. The third kappa shape index (κ3) is 3.13. The molecule has 0 bridgehead atoms. The molecule has 1 unspecified atom stereocenters. The number of cyclic esters (lactones) is 1. The van der Waals surface area contributed by atoms with Crippen LogP contribution in [0.25, 0.3) is 0 Å². The van der Waals surface area contributed by atoms with Gasteiger partial charge in [-0.1, -0.05) is 0 Å². The van der Waals surface area contributed by atoms with E-state index in [2.05, 4.69) is 10.1 Å². The number of nitrogens with one attached hydrogen (secondary N) is 1. The van der Waals surface area contributed by atoms with Crippen LogP contribution in [0.4, 0.5) is 20.2 Å². The van der Waals surface area contributed by atoms with E-state index in [0.29, 0.717) is 0 Å². The number of hydrogen-bond acceptors (Lipinski definition) is 4. The van der Waals surface area contributed by atoms with Crippen molar-refractivity contribution in [3.8, 4) is 0 Å². The van der Waals surface area contributed by atoms with E-state index in [1.165, 1.54) is 0 Å². The van der Waals surface area contributed by atoms with Crippen molar-refractivity contribution < 1.29 is 18.3 Å². The Morgan fingerprint density at radius 1 is 1.37 bits per heavy atom. The molecule has 0 amide bonds. The Labute approximate surface area is 110 Å². The van der Waals surface area contributed by atoms with Gasteiger partial charge in [0, 0.05) is 25.5 Å². The van der Waals surface area contributed by atoms with Crippen LogP contribution in [-0.2, 0) is 9.53 Å². The molecule has 19 heavy (non-hydrogen) atoms. The number of nitrogens with zero attached hydrogens (tertiary/aromatic N) is 1. The molecule has 1 fully saturated rings. The summed E-state index contributed by atoms with van der Waals surface area (Å²) in [6, 6.07) is 7.53. The highest BCUT2D eigenvalue weighted by molar-refractivity contribution is 5.79. The van der Waals surface area contributed by atoms with Gasteiger partial charge in [0.2, 0.25) is 0 Å². The third-order valence-corrected chi connectivity index (χ3v) is 2.97. The van der Waals surface area contributed by atoms with E-state index in [0.717, 1.165) is 11.4 Å². The topological polar surface area (TPSA) is 41.6 Å². The zero-order chi connectivity index (χ0) is 14.0. The molecule has 1 heterocycles. The standard InChI is InChI=1S/C13H16F2N2O2/c1-17(2)10-5-3-9(4-6-10)16-8-11-7-13(14,15)12(18)19-11/h3-6,11,16H,7-8H2,1-2H3. The number of esters is 1. The minimum atomic E-state index is -3.35. The second-order valence-electron chi connectivity index (χ2n) is 4.76. The van der Waals surface area contributed by atoms with Gasteiger partial charge >= 0.3 is 11.9 Å². The predicted molar refractivity (Wildman–Crippen MR) is 68.7 cm³/mol. The highest BCUT2D eigenvalue weighted by Gasteiger charge is 2.50. The summed E-state index contributed by atoms with van der Waals surface area (Å²) in [7, 11) is 3.87. The van der Waals surface area contributed by atoms with Gasteiger partial charge in [0.05, 0.1) is 13.0 Å². The normalized spacial score (nSPS) is 21.1. The van der Waals surface area contributed by atoms with Crippen molar-refractivity contribution in [2.75, 3.05) is 30.9 Å². The summed E-state index contributed by atoms with van der Waals surface area (Å²) >= 11 is 0. The quantitative estimate of drug-likeness (QED) is 0.851. The average Bonchev–Trinajstić information content (AvgIpc) is 2.61. The first kappa shape index (κ1) is 13.6. The number of hydrogen-bond donors (Lipinski definition) is 1. The van der Waals surface area contributed by atoms with Crippen molar-refractivity contribution in [3.05, 3.63) is 24.3 Å². The summed E-state index contributed by atoms with van der Waals surface area (Å²) in [5.74, 6) is -4.77. The van der Waals surface area contributed by atoms with E-state index >= 15 is 0 Å². The van der Waals surface area contributed by atoms with Gasteiger partial charge in [0.15, 0.2) is 0 Å². The van der Waals surface area contributed by atoms with Crippen molar-refractivity contribution in [2.24, 2.45) is 0 Å². The van der Waals surface area contributed by atoms with Crippen LogP contribution in [0.5, 0.6) is 0 Å². The van der Waals surface area contributed by atoms with Crippen molar-refractivity contribution >= 4 is 17.3 Å². The molecule has 1 aliphatic heterocycles. The fourth-order valence-electron chi connectivity index (χ4n) is 1.87. The molecule has 1 aromatic carbocycles. The predicted octanol–water partition coefficient (Wildman–Crippen LogP) is 2.12. The molecule has 0 saturated carbocycles. The minimum absolute atomic E-state index is 0.183. The van der Waals surface area contributed by atoms with Gasteiger partial charge in [-0.2, -0.15) is 8.78 Å². The molecule has 1 saturated heterocycles. The molecule has 0 spiro atoms. The maximum Gasteiger partial charge on any atom is 0.377 e. The number of anilines is 2. The summed E-state index contributed by atoms with van der Waals surface area (Å²) in [6.45, 7) is 0.183. The summed E-state index contributed by atoms with van der Waals surface area (Å²) in [5, 5.41) is 2.98. The minimum Gasteiger partial charge on any atom is -0.456 e. The summed E-state index contributed by atoms with van der Waals surface area (Å²) in [5.41, 5.74) is 1.85. The molecule has 2 rings (SSSR count). The summed E-state index contributed by atoms with van der Waals surface area (Å²) in [4.78, 5) is 12.8. The number of rotatable bonds is 4. The largest absolute Gasteiger partial charge is 0.456 e. The zero-order valence-corrected chi connectivity index (χ0v) is 10.8. The van der Waals surface area contributed by atoms with Crippen LogP contribution in [-0.4, -0.2) is 38.6 Å². The van der Waals surface area contributed by atoms with Gasteiger partial charge in [-0.15, -0.1) is 0 Å². The van der Waals surface area contributed by atoms with Gasteiger partial charge in [-0.25, -0.2) is 4.79 Å². The van der Waals surface area contributed by atoms with E-state index in [4.69, 9.17) is 0 Å². The fraction of sp³-hybridized carbons (Fsp3) is 0.462. The first-order valence-electron chi connectivity index (χ1n) is 5.98. The molecular weight excluding hydrogens is 254 g/mol. The Balaban J connectivity index is 1.88. The first-order chi connectivity index (χ1) is 8.88. The molecule has 0 aromatic heterocycles. The van der Waals surface area contributed by atoms with Crippen LogP contribution in [0, 0.1) is 0 Å². The number of alkyl halides is 2. The van der Waals surface area contributed by atoms with Crippen LogP contribution in [0.2, 0.25) is 0 Å². The smallest absolute Gasteiger partial charge is 0.377 e. The number of carbonyl (C=O) groups excluding carboxylic acids is 1.